The fourth-order valence-electron chi connectivity index (χ4n) is 1.70. The molecule has 17 heavy (non-hydrogen) atoms. The lowest BCUT2D eigenvalue weighted by Crippen LogP contribution is -2.21. The second-order valence-electron chi connectivity index (χ2n) is 3.57. The molecule has 0 bridgehead atoms. The van der Waals surface area contributed by atoms with E-state index >= 15 is 0 Å². The molecule has 0 aliphatic rings. The van der Waals surface area contributed by atoms with Crippen LogP contribution in [0.25, 0.3) is 11.4 Å². The molecule has 1 heterocycles. The van der Waals surface area contributed by atoms with E-state index in [1.54, 1.807) is 10.6 Å². The van der Waals surface area contributed by atoms with Crippen molar-refractivity contribution in [3.63, 3.8) is 0 Å². The number of nitrogens with zero attached hydrogens (tertiary/aromatic N) is 2. The van der Waals surface area contributed by atoms with Crippen LogP contribution in [0, 0.1) is 0 Å². The minimum atomic E-state index is 0.00528. The Balaban J connectivity index is 2.67. The minimum Gasteiger partial charge on any atom is -0.293 e. The Kier molecular flexibility index (Phi) is 3.64. The van der Waals surface area contributed by atoms with Crippen molar-refractivity contribution in [2.24, 2.45) is 0 Å². The molecule has 0 unspecified atom stereocenters. The smallest absolute Gasteiger partial charge is 0.254 e. The number of benzene rings is 1. The van der Waals surface area contributed by atoms with E-state index in [4.69, 9.17) is 0 Å². The van der Waals surface area contributed by atoms with E-state index in [-0.39, 0.29) is 5.56 Å². The molecule has 0 atom stereocenters. The fraction of sp³-hybridized carbons (Fsp3) is 0.231. The van der Waals surface area contributed by atoms with Crippen LogP contribution in [0.4, 0.5) is 0 Å². The van der Waals surface area contributed by atoms with Gasteiger partial charge in [-0.2, -0.15) is 0 Å². The van der Waals surface area contributed by atoms with Crippen molar-refractivity contribution in [3.8, 4) is 11.4 Å². The number of hydrogen-bond donors (Lipinski definition) is 0. The molecule has 0 saturated carbocycles. The highest BCUT2D eigenvalue weighted by molar-refractivity contribution is 7.98. The predicted molar refractivity (Wildman–Crippen MR) is 71.4 cm³/mol. The molecule has 0 amide bonds. The Bertz CT molecular complexity index is 563. The second kappa shape index (κ2) is 5.19. The molecule has 2 rings (SSSR count). The van der Waals surface area contributed by atoms with Crippen LogP contribution in [0.5, 0.6) is 0 Å². The molecule has 0 aliphatic carbocycles. The van der Waals surface area contributed by atoms with E-state index in [9.17, 15) is 4.79 Å². The first kappa shape index (κ1) is 11.9. The molecule has 1 aromatic heterocycles. The van der Waals surface area contributed by atoms with Crippen LogP contribution < -0.4 is 5.56 Å². The van der Waals surface area contributed by atoms with E-state index < -0.39 is 0 Å². The van der Waals surface area contributed by atoms with Gasteiger partial charge in [0.15, 0.2) is 0 Å². The third-order valence-electron chi connectivity index (χ3n) is 2.54. The average molecular weight is 246 g/mol. The molecule has 0 spiro atoms. The van der Waals surface area contributed by atoms with Gasteiger partial charge in [-0.25, -0.2) is 4.98 Å². The maximum absolute atomic E-state index is 11.9. The van der Waals surface area contributed by atoms with Gasteiger partial charge < -0.3 is 0 Å². The van der Waals surface area contributed by atoms with Gasteiger partial charge in [0.05, 0.1) is 0 Å². The maximum atomic E-state index is 11.9. The molecule has 0 radical (unpaired) electrons. The number of thioether (sulfide) groups is 1. The molecule has 0 N–H and O–H groups in total. The Hall–Kier alpha value is -1.55. The number of rotatable bonds is 3. The summed E-state index contributed by atoms with van der Waals surface area (Å²) in [6.07, 6.45) is 1.92. The first-order chi connectivity index (χ1) is 8.26. The van der Waals surface area contributed by atoms with Crippen molar-refractivity contribution < 1.29 is 0 Å². The van der Waals surface area contributed by atoms with Crippen molar-refractivity contribution in [3.05, 3.63) is 46.8 Å². The van der Waals surface area contributed by atoms with E-state index in [0.29, 0.717) is 6.54 Å². The van der Waals surface area contributed by atoms with Gasteiger partial charge in [-0.15, -0.1) is 11.8 Å². The van der Waals surface area contributed by atoms with Crippen molar-refractivity contribution in [1.82, 2.24) is 9.55 Å². The summed E-state index contributed by atoms with van der Waals surface area (Å²) in [7, 11) is 0. The summed E-state index contributed by atoms with van der Waals surface area (Å²) in [5.41, 5.74) is 0.980. The summed E-state index contributed by atoms with van der Waals surface area (Å²) in [6.45, 7) is 2.58. The second-order valence-corrected chi connectivity index (χ2v) is 4.40. The first-order valence-corrected chi connectivity index (χ1v) is 6.70. The number of hydrogen-bond acceptors (Lipinski definition) is 3. The van der Waals surface area contributed by atoms with Gasteiger partial charge in [-0.1, -0.05) is 30.3 Å². The van der Waals surface area contributed by atoms with Gasteiger partial charge >= 0.3 is 0 Å². The van der Waals surface area contributed by atoms with Crippen LogP contribution in [-0.4, -0.2) is 15.8 Å². The van der Waals surface area contributed by atoms with Crippen LogP contribution in [0.15, 0.2) is 46.2 Å². The van der Waals surface area contributed by atoms with Crippen molar-refractivity contribution >= 4 is 11.8 Å². The Morgan fingerprint density at radius 2 is 2.00 bits per heavy atom. The third kappa shape index (κ3) is 2.42. The van der Waals surface area contributed by atoms with E-state index in [2.05, 4.69) is 4.98 Å². The molecule has 0 aliphatic heterocycles. The Morgan fingerprint density at radius 1 is 1.29 bits per heavy atom. The van der Waals surface area contributed by atoms with Gasteiger partial charge in [0.1, 0.15) is 10.9 Å². The van der Waals surface area contributed by atoms with Gasteiger partial charge in [0.25, 0.3) is 5.56 Å². The Morgan fingerprint density at radius 3 is 2.59 bits per heavy atom. The topological polar surface area (TPSA) is 34.9 Å². The molecular weight excluding hydrogens is 232 g/mol. The highest BCUT2D eigenvalue weighted by Crippen LogP contribution is 2.18. The molecule has 88 valence electrons. The molecule has 1 aromatic carbocycles. The van der Waals surface area contributed by atoms with Crippen LogP contribution in [0.3, 0.4) is 0 Å². The van der Waals surface area contributed by atoms with Crippen LogP contribution in [0.2, 0.25) is 0 Å². The zero-order chi connectivity index (χ0) is 12.3. The predicted octanol–water partition coefficient (Wildman–Crippen LogP) is 2.65. The molecule has 2 aromatic rings. The SMILES string of the molecule is CCn1c(-c2ccccc2)nc(SC)cc1=O. The van der Waals surface area contributed by atoms with Crippen LogP contribution >= 0.6 is 11.8 Å². The van der Waals surface area contributed by atoms with E-state index in [1.807, 2.05) is 43.5 Å². The summed E-state index contributed by atoms with van der Waals surface area (Å²) >= 11 is 1.49. The zero-order valence-corrected chi connectivity index (χ0v) is 10.7. The quantitative estimate of drug-likeness (QED) is 0.617. The monoisotopic (exact) mass is 246 g/mol. The molecule has 0 saturated heterocycles. The summed E-state index contributed by atoms with van der Waals surface area (Å²) < 4.78 is 1.69. The normalized spacial score (nSPS) is 10.5. The number of aromatic nitrogens is 2. The lowest BCUT2D eigenvalue weighted by Gasteiger charge is -2.10. The maximum Gasteiger partial charge on any atom is 0.254 e. The molecule has 3 nitrogen and oxygen atoms in total. The van der Waals surface area contributed by atoms with Crippen LogP contribution in [-0.2, 0) is 6.54 Å². The van der Waals surface area contributed by atoms with Crippen LogP contribution in [0.1, 0.15) is 6.92 Å². The highest BCUT2D eigenvalue weighted by atomic mass is 32.2. The van der Waals surface area contributed by atoms with Gasteiger partial charge in [-0.3, -0.25) is 9.36 Å². The van der Waals surface area contributed by atoms with Crippen molar-refractivity contribution in [2.45, 2.75) is 18.5 Å². The van der Waals surface area contributed by atoms with E-state index in [0.717, 1.165) is 16.4 Å². The third-order valence-corrected chi connectivity index (χ3v) is 3.17. The lowest BCUT2D eigenvalue weighted by atomic mass is 10.2. The summed E-state index contributed by atoms with van der Waals surface area (Å²) in [5, 5.41) is 0.763. The first-order valence-electron chi connectivity index (χ1n) is 5.47. The highest BCUT2D eigenvalue weighted by Gasteiger charge is 2.08. The summed E-state index contributed by atoms with van der Waals surface area (Å²) in [4.78, 5) is 16.5. The molecule has 4 heteroatoms. The van der Waals surface area contributed by atoms with Gasteiger partial charge in [-0.05, 0) is 13.2 Å². The molecular formula is C13H14N2OS. The zero-order valence-electron chi connectivity index (χ0n) is 9.88. The largest absolute Gasteiger partial charge is 0.293 e. The summed E-state index contributed by atoms with van der Waals surface area (Å²) in [6, 6.07) is 11.4. The lowest BCUT2D eigenvalue weighted by molar-refractivity contribution is 0.705. The average Bonchev–Trinajstić information content (AvgIpc) is 2.38. The van der Waals surface area contributed by atoms with Gasteiger partial charge in [0.2, 0.25) is 0 Å². The van der Waals surface area contributed by atoms with Gasteiger partial charge in [0, 0.05) is 18.2 Å². The van der Waals surface area contributed by atoms with E-state index in [1.165, 1.54) is 11.8 Å². The fourth-order valence-corrected chi connectivity index (χ4v) is 2.10. The van der Waals surface area contributed by atoms with Crippen molar-refractivity contribution in [2.75, 3.05) is 6.26 Å². The minimum absolute atomic E-state index is 0.00528. The molecule has 0 fully saturated rings. The Labute approximate surface area is 105 Å². The summed E-state index contributed by atoms with van der Waals surface area (Å²) in [5.74, 6) is 0.741. The van der Waals surface area contributed by atoms with Crippen molar-refractivity contribution in [1.29, 1.82) is 0 Å². The standard InChI is InChI=1S/C13H14N2OS/c1-3-15-12(16)9-11(17-2)14-13(15)10-7-5-4-6-8-10/h4-9H,3H2,1-2H3.